The van der Waals surface area contributed by atoms with Crippen LogP contribution in [0.4, 0.5) is 0 Å². The van der Waals surface area contributed by atoms with Gasteiger partial charge in [-0.25, -0.2) is 5.84 Å². The molecule has 2 fully saturated rings. The SMILES string of the molecule is NNC(=S)N1CCC2(CNC(=O)C2)C1. The van der Waals surface area contributed by atoms with E-state index in [2.05, 4.69) is 10.7 Å². The van der Waals surface area contributed by atoms with Gasteiger partial charge in [0, 0.05) is 31.5 Å². The molecule has 14 heavy (non-hydrogen) atoms. The Hall–Kier alpha value is -0.880. The van der Waals surface area contributed by atoms with Gasteiger partial charge in [0.15, 0.2) is 5.11 Å². The molecule has 1 amide bonds. The van der Waals surface area contributed by atoms with Gasteiger partial charge in [0.25, 0.3) is 0 Å². The Balaban J connectivity index is 2.00. The molecule has 0 bridgehead atoms. The quantitative estimate of drug-likeness (QED) is 0.273. The Kier molecular flexibility index (Phi) is 2.32. The molecule has 1 unspecified atom stereocenters. The number of rotatable bonds is 0. The lowest BCUT2D eigenvalue weighted by Gasteiger charge is -2.22. The molecule has 5 nitrogen and oxygen atoms in total. The second-order valence-corrected chi connectivity index (χ2v) is 4.46. The minimum atomic E-state index is 0.0952. The largest absolute Gasteiger partial charge is 0.355 e. The van der Waals surface area contributed by atoms with E-state index in [0.717, 1.165) is 26.1 Å². The molecule has 0 aliphatic carbocycles. The Morgan fingerprint density at radius 2 is 2.50 bits per heavy atom. The zero-order chi connectivity index (χ0) is 10.2. The van der Waals surface area contributed by atoms with E-state index in [9.17, 15) is 4.79 Å². The maximum atomic E-state index is 11.1. The van der Waals surface area contributed by atoms with Gasteiger partial charge in [0.2, 0.25) is 5.91 Å². The van der Waals surface area contributed by atoms with E-state index in [-0.39, 0.29) is 11.3 Å². The second-order valence-electron chi connectivity index (χ2n) is 4.07. The maximum absolute atomic E-state index is 11.1. The lowest BCUT2D eigenvalue weighted by Crippen LogP contribution is -2.43. The van der Waals surface area contributed by atoms with Crippen LogP contribution in [0.25, 0.3) is 0 Å². The van der Waals surface area contributed by atoms with Gasteiger partial charge in [-0.05, 0) is 18.6 Å². The van der Waals surface area contributed by atoms with Crippen LogP contribution in [-0.2, 0) is 4.79 Å². The van der Waals surface area contributed by atoms with Crippen LogP contribution in [0.5, 0.6) is 0 Å². The summed E-state index contributed by atoms with van der Waals surface area (Å²) < 4.78 is 0. The summed E-state index contributed by atoms with van der Waals surface area (Å²) in [5, 5.41) is 3.44. The van der Waals surface area contributed by atoms with E-state index in [1.165, 1.54) is 0 Å². The van der Waals surface area contributed by atoms with Crippen molar-refractivity contribution >= 4 is 23.2 Å². The van der Waals surface area contributed by atoms with E-state index in [4.69, 9.17) is 18.1 Å². The van der Waals surface area contributed by atoms with Gasteiger partial charge in [0.1, 0.15) is 0 Å². The third kappa shape index (κ3) is 1.55. The number of hydrazine groups is 1. The van der Waals surface area contributed by atoms with E-state index >= 15 is 0 Å². The third-order valence-corrected chi connectivity index (χ3v) is 3.42. The zero-order valence-corrected chi connectivity index (χ0v) is 8.69. The van der Waals surface area contributed by atoms with Crippen molar-refractivity contribution in [3.8, 4) is 0 Å². The number of nitrogens with two attached hydrogens (primary N) is 1. The molecular formula is C8H14N4OS. The van der Waals surface area contributed by atoms with Crippen molar-refractivity contribution in [2.75, 3.05) is 19.6 Å². The molecule has 0 saturated carbocycles. The normalized spacial score (nSPS) is 30.9. The van der Waals surface area contributed by atoms with Crippen LogP contribution in [-0.4, -0.2) is 35.6 Å². The summed E-state index contributed by atoms with van der Waals surface area (Å²) >= 11 is 5.05. The van der Waals surface area contributed by atoms with Crippen molar-refractivity contribution in [1.82, 2.24) is 15.6 Å². The molecule has 1 atom stereocenters. The fourth-order valence-electron chi connectivity index (χ4n) is 2.24. The topological polar surface area (TPSA) is 70.4 Å². The Bertz CT molecular complexity index is 283. The lowest BCUT2D eigenvalue weighted by atomic mass is 9.86. The van der Waals surface area contributed by atoms with Crippen molar-refractivity contribution < 1.29 is 4.79 Å². The molecule has 0 aromatic carbocycles. The van der Waals surface area contributed by atoms with E-state index in [0.29, 0.717) is 11.5 Å². The van der Waals surface area contributed by atoms with Crippen molar-refractivity contribution in [1.29, 1.82) is 0 Å². The number of nitrogens with zero attached hydrogens (tertiary/aromatic N) is 1. The first-order valence-corrected chi connectivity index (χ1v) is 5.08. The van der Waals surface area contributed by atoms with E-state index < -0.39 is 0 Å². The lowest BCUT2D eigenvalue weighted by molar-refractivity contribution is -0.119. The molecule has 2 rings (SSSR count). The monoisotopic (exact) mass is 214 g/mol. The van der Waals surface area contributed by atoms with Gasteiger partial charge in [-0.2, -0.15) is 0 Å². The van der Waals surface area contributed by atoms with Crippen LogP contribution in [0.2, 0.25) is 0 Å². The number of thiocarbonyl (C=S) groups is 1. The first-order chi connectivity index (χ1) is 6.65. The van der Waals surface area contributed by atoms with Crippen molar-refractivity contribution in [3.63, 3.8) is 0 Å². The van der Waals surface area contributed by atoms with Crippen LogP contribution in [0.1, 0.15) is 12.8 Å². The highest BCUT2D eigenvalue weighted by atomic mass is 32.1. The summed E-state index contributed by atoms with van der Waals surface area (Å²) in [5.41, 5.74) is 2.57. The fraction of sp³-hybridized carbons (Fsp3) is 0.750. The van der Waals surface area contributed by atoms with Gasteiger partial charge in [0.05, 0.1) is 0 Å². The summed E-state index contributed by atoms with van der Waals surface area (Å²) in [5.74, 6) is 5.40. The number of hydrogen-bond acceptors (Lipinski definition) is 3. The molecule has 0 aromatic rings. The summed E-state index contributed by atoms with van der Waals surface area (Å²) in [6.07, 6.45) is 1.63. The molecule has 1 spiro atoms. The van der Waals surface area contributed by atoms with Crippen molar-refractivity contribution in [3.05, 3.63) is 0 Å². The van der Waals surface area contributed by atoms with Gasteiger partial charge >= 0.3 is 0 Å². The summed E-state index contributed by atoms with van der Waals surface area (Å²) in [4.78, 5) is 13.2. The molecule has 6 heteroatoms. The number of hydrogen-bond donors (Lipinski definition) is 3. The van der Waals surface area contributed by atoms with Crippen molar-refractivity contribution in [2.45, 2.75) is 12.8 Å². The molecule has 2 heterocycles. The standard InChI is InChI=1S/C8H14N4OS/c9-11-7(14)12-2-1-8(5-12)3-6(13)10-4-8/h1-5,9H2,(H,10,13)(H,11,14). The third-order valence-electron chi connectivity index (χ3n) is 3.05. The second kappa shape index (κ2) is 3.36. The average Bonchev–Trinajstić information content (AvgIpc) is 2.74. The highest BCUT2D eigenvalue weighted by Crippen LogP contribution is 2.36. The average molecular weight is 214 g/mol. The molecule has 78 valence electrons. The minimum Gasteiger partial charge on any atom is -0.355 e. The number of amides is 1. The Morgan fingerprint density at radius 1 is 1.71 bits per heavy atom. The molecule has 2 saturated heterocycles. The van der Waals surface area contributed by atoms with E-state index in [1.807, 2.05) is 4.90 Å². The van der Waals surface area contributed by atoms with Crippen LogP contribution < -0.4 is 16.6 Å². The predicted octanol–water partition coefficient (Wildman–Crippen LogP) is -1.05. The molecule has 0 aromatic heterocycles. The summed E-state index contributed by atoms with van der Waals surface area (Å²) in [6, 6.07) is 0. The first-order valence-electron chi connectivity index (χ1n) is 4.67. The maximum Gasteiger partial charge on any atom is 0.220 e. The van der Waals surface area contributed by atoms with Gasteiger partial charge in [-0.1, -0.05) is 0 Å². The molecule has 4 N–H and O–H groups in total. The van der Waals surface area contributed by atoms with Crippen molar-refractivity contribution in [2.24, 2.45) is 11.3 Å². The van der Waals surface area contributed by atoms with Gasteiger partial charge in [-0.3, -0.25) is 4.79 Å². The Labute approximate surface area is 88.0 Å². The first kappa shape index (κ1) is 9.67. The number of carbonyl (C=O) groups is 1. The molecule has 2 aliphatic rings. The predicted molar refractivity (Wildman–Crippen MR) is 56.2 cm³/mol. The van der Waals surface area contributed by atoms with E-state index in [1.54, 1.807) is 0 Å². The Morgan fingerprint density at radius 3 is 3.07 bits per heavy atom. The van der Waals surface area contributed by atoms with Crippen LogP contribution in [0.3, 0.4) is 0 Å². The van der Waals surface area contributed by atoms with Gasteiger partial charge in [-0.15, -0.1) is 0 Å². The van der Waals surface area contributed by atoms with Crippen LogP contribution in [0, 0.1) is 5.41 Å². The number of nitrogens with one attached hydrogen (secondary N) is 2. The number of likely N-dealkylation sites (tertiary alicyclic amines) is 1. The zero-order valence-electron chi connectivity index (χ0n) is 7.88. The molecule has 2 aliphatic heterocycles. The molecule has 0 radical (unpaired) electrons. The molecular weight excluding hydrogens is 200 g/mol. The highest BCUT2D eigenvalue weighted by Gasteiger charge is 2.44. The van der Waals surface area contributed by atoms with Crippen LogP contribution in [0.15, 0.2) is 0 Å². The number of carbonyl (C=O) groups excluding carboxylic acids is 1. The minimum absolute atomic E-state index is 0.0952. The highest BCUT2D eigenvalue weighted by molar-refractivity contribution is 7.80. The van der Waals surface area contributed by atoms with Crippen LogP contribution >= 0.6 is 12.2 Å². The summed E-state index contributed by atoms with van der Waals surface area (Å²) in [6.45, 7) is 2.49. The smallest absolute Gasteiger partial charge is 0.220 e. The fourth-order valence-corrected chi connectivity index (χ4v) is 2.40. The summed E-state index contributed by atoms with van der Waals surface area (Å²) in [7, 11) is 0. The van der Waals surface area contributed by atoms with Gasteiger partial charge < -0.3 is 15.6 Å².